The van der Waals surface area contributed by atoms with E-state index in [2.05, 4.69) is 24.0 Å². The third kappa shape index (κ3) is 3.42. The predicted molar refractivity (Wildman–Crippen MR) is 109 cm³/mol. The van der Waals surface area contributed by atoms with E-state index in [9.17, 15) is 5.11 Å². The molecule has 26 heavy (non-hydrogen) atoms. The molecule has 2 nitrogen and oxygen atoms in total. The van der Waals surface area contributed by atoms with Crippen molar-refractivity contribution in [3.05, 3.63) is 73.7 Å². The summed E-state index contributed by atoms with van der Waals surface area (Å²) in [4.78, 5) is 2.35. The van der Waals surface area contributed by atoms with Crippen LogP contribution in [-0.2, 0) is 6.42 Å². The van der Waals surface area contributed by atoms with E-state index in [4.69, 9.17) is 34.8 Å². The first kappa shape index (κ1) is 18.3. The highest BCUT2D eigenvalue weighted by Gasteiger charge is 2.31. The molecule has 4 rings (SSSR count). The fraction of sp³-hybridized carbons (Fsp3) is 0.333. The minimum Gasteiger partial charge on any atom is -0.387 e. The van der Waals surface area contributed by atoms with Gasteiger partial charge in [-0.3, -0.25) is 4.90 Å². The molecule has 1 heterocycles. The topological polar surface area (TPSA) is 23.5 Å². The first-order chi connectivity index (χ1) is 12.4. The van der Waals surface area contributed by atoms with Gasteiger partial charge in [0.2, 0.25) is 0 Å². The fourth-order valence-corrected chi connectivity index (χ4v) is 4.51. The van der Waals surface area contributed by atoms with Crippen LogP contribution in [0.5, 0.6) is 0 Å². The molecule has 0 amide bonds. The molecule has 0 radical (unpaired) electrons. The number of halogens is 3. The lowest BCUT2D eigenvalue weighted by molar-refractivity contribution is 0.0952. The van der Waals surface area contributed by atoms with E-state index in [1.165, 1.54) is 22.3 Å². The van der Waals surface area contributed by atoms with Crippen LogP contribution in [0.25, 0.3) is 5.57 Å². The van der Waals surface area contributed by atoms with Gasteiger partial charge in [0.15, 0.2) is 0 Å². The Kier molecular flexibility index (Phi) is 5.06. The molecule has 0 saturated carbocycles. The third-order valence-electron chi connectivity index (χ3n) is 5.48. The van der Waals surface area contributed by atoms with Gasteiger partial charge in [0.05, 0.1) is 16.1 Å². The van der Waals surface area contributed by atoms with Crippen LogP contribution in [0.3, 0.4) is 0 Å². The van der Waals surface area contributed by atoms with E-state index < -0.39 is 6.10 Å². The Hall–Kier alpha value is -1.03. The van der Waals surface area contributed by atoms with Crippen LogP contribution in [0.15, 0.2) is 42.0 Å². The maximum absolute atomic E-state index is 10.7. The summed E-state index contributed by atoms with van der Waals surface area (Å²) in [5, 5.41) is 12.5. The Labute approximate surface area is 169 Å². The quantitative estimate of drug-likeness (QED) is 0.695. The van der Waals surface area contributed by atoms with Gasteiger partial charge in [-0.2, -0.15) is 0 Å². The van der Waals surface area contributed by atoms with E-state index in [-0.39, 0.29) is 0 Å². The molecule has 1 aliphatic carbocycles. The molecular weight excluding hydrogens is 389 g/mol. The summed E-state index contributed by atoms with van der Waals surface area (Å²) in [6.45, 7) is 3.67. The second-order valence-corrected chi connectivity index (χ2v) is 8.48. The molecule has 2 unspecified atom stereocenters. The number of fused-ring (bicyclic) bond motifs is 2. The van der Waals surface area contributed by atoms with Crippen LogP contribution in [0.2, 0.25) is 15.1 Å². The predicted octanol–water partition coefficient (Wildman–Crippen LogP) is 5.78. The Bertz CT molecular complexity index is 893. The smallest absolute Gasteiger partial charge is 0.0917 e. The number of aliphatic hydroxyl groups is 1. The van der Waals surface area contributed by atoms with Gasteiger partial charge < -0.3 is 5.11 Å². The van der Waals surface area contributed by atoms with Gasteiger partial charge in [-0.25, -0.2) is 0 Å². The van der Waals surface area contributed by atoms with Gasteiger partial charge >= 0.3 is 0 Å². The van der Waals surface area contributed by atoms with Gasteiger partial charge in [-0.15, -0.1) is 0 Å². The van der Waals surface area contributed by atoms with Crippen LogP contribution >= 0.6 is 34.8 Å². The summed E-state index contributed by atoms with van der Waals surface area (Å²) < 4.78 is 0. The highest BCUT2D eigenvalue weighted by atomic mass is 35.5. The second kappa shape index (κ2) is 7.18. The molecule has 136 valence electrons. The van der Waals surface area contributed by atoms with Crippen LogP contribution in [0.4, 0.5) is 0 Å². The van der Waals surface area contributed by atoms with Crippen LogP contribution in [0, 0.1) is 0 Å². The SMILES string of the molecule is CC1CC2=C(Cc3ccc(Cl)cc32)CN1CC(O)c1ccc(Cl)c(Cl)c1. The molecule has 0 fully saturated rings. The molecule has 1 aliphatic heterocycles. The molecule has 2 atom stereocenters. The van der Waals surface area contributed by atoms with Crippen molar-refractivity contribution in [3.8, 4) is 0 Å². The number of benzene rings is 2. The monoisotopic (exact) mass is 407 g/mol. The summed E-state index contributed by atoms with van der Waals surface area (Å²) in [5.41, 5.74) is 6.35. The van der Waals surface area contributed by atoms with E-state index in [1.54, 1.807) is 12.1 Å². The van der Waals surface area contributed by atoms with Gasteiger partial charge in [0, 0.05) is 24.2 Å². The summed E-state index contributed by atoms with van der Waals surface area (Å²) in [5.74, 6) is 0. The molecular formula is C21H20Cl3NO. The number of hydrogen-bond donors (Lipinski definition) is 1. The number of β-amino-alcohol motifs (C(OH)–C–C–N with tert-alkyl or cyclic N) is 1. The van der Waals surface area contributed by atoms with Crippen LogP contribution in [0.1, 0.15) is 36.1 Å². The Morgan fingerprint density at radius 2 is 1.92 bits per heavy atom. The average Bonchev–Trinajstić information content (AvgIpc) is 2.94. The Morgan fingerprint density at radius 3 is 2.69 bits per heavy atom. The van der Waals surface area contributed by atoms with Crippen molar-refractivity contribution in [1.82, 2.24) is 4.90 Å². The van der Waals surface area contributed by atoms with E-state index in [0.717, 1.165) is 30.0 Å². The standard InChI is InChI=1S/C21H20Cl3NO/c1-12-6-17-15(7-13-2-4-16(22)9-18(13)17)10-25(12)11-21(26)14-3-5-19(23)20(24)8-14/h2-5,8-9,12,21,26H,6-7,10-11H2,1H3. The van der Waals surface area contributed by atoms with E-state index >= 15 is 0 Å². The molecule has 0 aromatic heterocycles. The third-order valence-corrected chi connectivity index (χ3v) is 6.45. The number of aliphatic hydroxyl groups excluding tert-OH is 1. The van der Waals surface area contributed by atoms with Gasteiger partial charge in [0.25, 0.3) is 0 Å². The minimum absolute atomic E-state index is 0.358. The van der Waals surface area contributed by atoms with Crippen molar-refractivity contribution >= 4 is 40.4 Å². The molecule has 5 heteroatoms. The summed E-state index contributed by atoms with van der Waals surface area (Å²) in [6.07, 6.45) is 1.37. The van der Waals surface area contributed by atoms with Crippen LogP contribution < -0.4 is 0 Å². The number of hydrogen-bond acceptors (Lipinski definition) is 2. The zero-order chi connectivity index (χ0) is 18.4. The van der Waals surface area contributed by atoms with E-state index in [0.29, 0.717) is 22.6 Å². The van der Waals surface area contributed by atoms with Crippen molar-refractivity contribution < 1.29 is 5.11 Å². The first-order valence-electron chi connectivity index (χ1n) is 8.79. The highest BCUT2D eigenvalue weighted by molar-refractivity contribution is 6.42. The fourth-order valence-electron chi connectivity index (χ4n) is 4.03. The summed E-state index contributed by atoms with van der Waals surface area (Å²) in [7, 11) is 0. The number of rotatable bonds is 3. The number of nitrogens with zero attached hydrogens (tertiary/aromatic N) is 1. The zero-order valence-electron chi connectivity index (χ0n) is 14.5. The van der Waals surface area contributed by atoms with Crippen molar-refractivity contribution in [2.24, 2.45) is 0 Å². The van der Waals surface area contributed by atoms with Crippen LogP contribution in [-0.4, -0.2) is 29.1 Å². The molecule has 0 spiro atoms. The summed E-state index contributed by atoms with van der Waals surface area (Å²) in [6, 6.07) is 11.9. The van der Waals surface area contributed by atoms with Crippen molar-refractivity contribution in [2.75, 3.05) is 13.1 Å². The van der Waals surface area contributed by atoms with Crippen molar-refractivity contribution in [2.45, 2.75) is 31.9 Å². The first-order valence-corrected chi connectivity index (χ1v) is 9.92. The summed E-state index contributed by atoms with van der Waals surface area (Å²) >= 11 is 18.3. The molecule has 2 aromatic carbocycles. The lowest BCUT2D eigenvalue weighted by atomic mass is 9.93. The normalized spacial score (nSPS) is 20.9. The van der Waals surface area contributed by atoms with Crippen molar-refractivity contribution in [1.29, 1.82) is 0 Å². The Morgan fingerprint density at radius 1 is 1.12 bits per heavy atom. The minimum atomic E-state index is -0.590. The average molecular weight is 409 g/mol. The van der Waals surface area contributed by atoms with Gasteiger partial charge in [-0.1, -0.05) is 46.9 Å². The largest absolute Gasteiger partial charge is 0.387 e. The van der Waals surface area contributed by atoms with Gasteiger partial charge in [-0.05, 0) is 71.9 Å². The molecule has 1 N–H and O–H groups in total. The maximum atomic E-state index is 10.7. The van der Waals surface area contributed by atoms with Crippen molar-refractivity contribution in [3.63, 3.8) is 0 Å². The molecule has 0 saturated heterocycles. The molecule has 0 bridgehead atoms. The lowest BCUT2D eigenvalue weighted by Crippen LogP contribution is -2.40. The maximum Gasteiger partial charge on any atom is 0.0917 e. The highest BCUT2D eigenvalue weighted by Crippen LogP contribution is 2.41. The molecule has 2 aromatic rings. The Balaban J connectivity index is 1.52. The van der Waals surface area contributed by atoms with Gasteiger partial charge in [0.1, 0.15) is 0 Å². The second-order valence-electron chi connectivity index (χ2n) is 7.23. The zero-order valence-corrected chi connectivity index (χ0v) is 16.7. The van der Waals surface area contributed by atoms with E-state index in [1.807, 2.05) is 12.1 Å². The lowest BCUT2D eigenvalue weighted by Gasteiger charge is -2.36. The molecule has 2 aliphatic rings.